The van der Waals surface area contributed by atoms with E-state index in [2.05, 4.69) is 4.74 Å². The number of rotatable bonds is 8. The van der Waals surface area contributed by atoms with Crippen LogP contribution in [0.4, 0.5) is 0 Å². The molecule has 0 spiro atoms. The van der Waals surface area contributed by atoms with Crippen molar-refractivity contribution in [3.05, 3.63) is 35.9 Å². The molecular formula is C19H27NO6. The Labute approximate surface area is 153 Å². The molecule has 0 saturated carbocycles. The second kappa shape index (κ2) is 9.33. The summed E-state index contributed by atoms with van der Waals surface area (Å²) in [6, 6.07) is 9.26. The highest BCUT2D eigenvalue weighted by Gasteiger charge is 2.46. The van der Waals surface area contributed by atoms with Crippen LogP contribution in [0.15, 0.2) is 30.3 Å². The van der Waals surface area contributed by atoms with Gasteiger partial charge in [-0.1, -0.05) is 30.3 Å². The average molecular weight is 365 g/mol. The smallest absolute Gasteiger partial charge is 0.338 e. The number of esters is 3. The topological polar surface area (TPSA) is 105 Å². The van der Waals surface area contributed by atoms with Gasteiger partial charge in [0.15, 0.2) is 0 Å². The van der Waals surface area contributed by atoms with Gasteiger partial charge in [-0.05, 0) is 39.2 Å². The van der Waals surface area contributed by atoms with Crippen LogP contribution in [0, 0.1) is 0 Å². The van der Waals surface area contributed by atoms with E-state index in [1.807, 2.05) is 30.3 Å². The van der Waals surface area contributed by atoms with E-state index >= 15 is 0 Å². The van der Waals surface area contributed by atoms with E-state index in [9.17, 15) is 14.4 Å². The zero-order valence-corrected chi connectivity index (χ0v) is 15.7. The van der Waals surface area contributed by atoms with E-state index in [0.29, 0.717) is 0 Å². The molecule has 0 aliphatic rings. The number of benzene rings is 1. The second-order valence-corrected chi connectivity index (χ2v) is 6.96. The Balaban J connectivity index is 2.57. The molecular weight excluding hydrogens is 338 g/mol. The third kappa shape index (κ3) is 6.84. The minimum absolute atomic E-state index is 0.0194. The van der Waals surface area contributed by atoms with Crippen molar-refractivity contribution in [2.75, 3.05) is 7.11 Å². The molecule has 2 N–H and O–H groups in total. The number of hydrogen-bond donors (Lipinski definition) is 1. The molecule has 0 aliphatic heterocycles. The number of ether oxygens (including phenoxy) is 3. The highest BCUT2D eigenvalue weighted by Crippen LogP contribution is 2.20. The first-order valence-corrected chi connectivity index (χ1v) is 8.39. The molecule has 0 saturated heterocycles. The summed E-state index contributed by atoms with van der Waals surface area (Å²) in [5, 5.41) is 0. The largest absolute Gasteiger partial charge is 0.467 e. The summed E-state index contributed by atoms with van der Waals surface area (Å²) >= 11 is 0. The minimum Gasteiger partial charge on any atom is -0.467 e. The Morgan fingerprint density at radius 2 is 1.65 bits per heavy atom. The molecule has 144 valence electrons. The van der Waals surface area contributed by atoms with Crippen LogP contribution in [-0.4, -0.2) is 36.2 Å². The minimum atomic E-state index is -1.96. The van der Waals surface area contributed by atoms with Gasteiger partial charge in [0.1, 0.15) is 12.2 Å². The molecule has 1 rings (SSSR count). The second-order valence-electron chi connectivity index (χ2n) is 6.96. The standard InChI is InChI=1S/C19H27NO6/c1-18(2,3)26-17(23)19(20,16(22)24-4)12-8-11-15(21)25-13-14-9-6-5-7-10-14/h5-7,9-10H,8,11-13,20H2,1-4H3. The monoisotopic (exact) mass is 365 g/mol. The summed E-state index contributed by atoms with van der Waals surface area (Å²) in [5.41, 5.74) is 4.07. The van der Waals surface area contributed by atoms with Gasteiger partial charge in [0.25, 0.3) is 0 Å². The van der Waals surface area contributed by atoms with Crippen molar-refractivity contribution in [3.8, 4) is 0 Å². The lowest BCUT2D eigenvalue weighted by Gasteiger charge is -2.29. The molecule has 0 bridgehead atoms. The predicted molar refractivity (Wildman–Crippen MR) is 94.9 cm³/mol. The summed E-state index contributed by atoms with van der Waals surface area (Å²) in [6.45, 7) is 5.17. The van der Waals surface area contributed by atoms with E-state index in [1.165, 1.54) is 0 Å². The SMILES string of the molecule is COC(=O)C(N)(CCCC(=O)OCc1ccccc1)C(=O)OC(C)(C)C. The van der Waals surface area contributed by atoms with E-state index in [4.69, 9.17) is 15.2 Å². The Morgan fingerprint density at radius 3 is 2.19 bits per heavy atom. The Morgan fingerprint density at radius 1 is 1.04 bits per heavy atom. The lowest BCUT2D eigenvalue weighted by molar-refractivity contribution is -0.171. The Kier molecular flexibility index (Phi) is 7.76. The number of methoxy groups -OCH3 is 1. The van der Waals surface area contributed by atoms with Crippen LogP contribution >= 0.6 is 0 Å². The molecule has 1 atom stereocenters. The summed E-state index contributed by atoms with van der Waals surface area (Å²) in [6.07, 6.45) is 0.110. The van der Waals surface area contributed by atoms with Crippen molar-refractivity contribution in [1.29, 1.82) is 0 Å². The van der Waals surface area contributed by atoms with Gasteiger partial charge in [-0.25, -0.2) is 9.59 Å². The lowest BCUT2D eigenvalue weighted by atomic mass is 9.93. The predicted octanol–water partition coefficient (Wildman–Crippen LogP) is 2.11. The Bertz CT molecular complexity index is 623. The van der Waals surface area contributed by atoms with Crippen LogP contribution in [0.25, 0.3) is 0 Å². The molecule has 1 aromatic rings. The fourth-order valence-electron chi connectivity index (χ4n) is 2.16. The molecule has 26 heavy (non-hydrogen) atoms. The van der Waals surface area contributed by atoms with Crippen molar-refractivity contribution < 1.29 is 28.6 Å². The fourth-order valence-corrected chi connectivity index (χ4v) is 2.16. The highest BCUT2D eigenvalue weighted by atomic mass is 16.6. The van der Waals surface area contributed by atoms with Crippen molar-refractivity contribution in [1.82, 2.24) is 0 Å². The van der Waals surface area contributed by atoms with Crippen LogP contribution in [-0.2, 0) is 35.2 Å². The van der Waals surface area contributed by atoms with Crippen molar-refractivity contribution in [3.63, 3.8) is 0 Å². The molecule has 0 aliphatic carbocycles. The average Bonchev–Trinajstić information content (AvgIpc) is 2.58. The molecule has 0 amide bonds. The molecule has 7 heteroatoms. The van der Waals surface area contributed by atoms with Crippen molar-refractivity contribution in [2.45, 2.75) is 57.8 Å². The fraction of sp³-hybridized carbons (Fsp3) is 0.526. The maximum absolute atomic E-state index is 12.3. The molecule has 1 unspecified atom stereocenters. The van der Waals surface area contributed by atoms with Gasteiger partial charge in [0.2, 0.25) is 5.54 Å². The van der Waals surface area contributed by atoms with Gasteiger partial charge >= 0.3 is 17.9 Å². The molecule has 0 heterocycles. The number of hydrogen-bond acceptors (Lipinski definition) is 7. The first kappa shape index (κ1) is 21.6. The summed E-state index contributed by atoms with van der Waals surface area (Å²) in [5.74, 6) is -2.22. The van der Waals surface area contributed by atoms with Crippen LogP contribution in [0.1, 0.15) is 45.6 Å². The zero-order chi connectivity index (χ0) is 19.8. The summed E-state index contributed by atoms with van der Waals surface area (Å²) in [4.78, 5) is 36.1. The lowest BCUT2D eigenvalue weighted by Crippen LogP contribution is -2.57. The first-order valence-electron chi connectivity index (χ1n) is 8.39. The van der Waals surface area contributed by atoms with Gasteiger partial charge in [-0.2, -0.15) is 0 Å². The number of carbonyl (C=O) groups is 3. The van der Waals surface area contributed by atoms with Gasteiger partial charge in [0.05, 0.1) is 7.11 Å². The van der Waals surface area contributed by atoms with E-state index in [1.54, 1.807) is 20.8 Å². The van der Waals surface area contributed by atoms with E-state index < -0.39 is 29.0 Å². The molecule has 0 radical (unpaired) electrons. The van der Waals surface area contributed by atoms with Crippen molar-refractivity contribution in [2.24, 2.45) is 5.73 Å². The number of carbonyl (C=O) groups excluding carboxylic acids is 3. The normalized spacial score (nSPS) is 13.4. The van der Waals surface area contributed by atoms with Gasteiger partial charge < -0.3 is 19.9 Å². The van der Waals surface area contributed by atoms with Gasteiger partial charge in [-0.15, -0.1) is 0 Å². The molecule has 7 nitrogen and oxygen atoms in total. The quantitative estimate of drug-likeness (QED) is 0.427. The zero-order valence-electron chi connectivity index (χ0n) is 15.7. The first-order chi connectivity index (χ1) is 12.1. The number of nitrogens with two attached hydrogens (primary N) is 1. The highest BCUT2D eigenvalue weighted by molar-refractivity contribution is 6.04. The Hall–Kier alpha value is -2.41. The van der Waals surface area contributed by atoms with Gasteiger partial charge in [-0.3, -0.25) is 4.79 Å². The third-order valence-electron chi connectivity index (χ3n) is 3.51. The van der Waals surface area contributed by atoms with Crippen LogP contribution in [0.2, 0.25) is 0 Å². The summed E-state index contributed by atoms with van der Waals surface area (Å²) in [7, 11) is 1.14. The molecule has 1 aromatic carbocycles. The van der Waals surface area contributed by atoms with Crippen molar-refractivity contribution >= 4 is 17.9 Å². The van der Waals surface area contributed by atoms with Crippen LogP contribution in [0.5, 0.6) is 0 Å². The molecule has 0 fully saturated rings. The summed E-state index contributed by atoms with van der Waals surface area (Å²) < 4.78 is 15.0. The third-order valence-corrected chi connectivity index (χ3v) is 3.51. The van der Waals surface area contributed by atoms with Crippen LogP contribution in [0.3, 0.4) is 0 Å². The van der Waals surface area contributed by atoms with Crippen LogP contribution < -0.4 is 5.73 Å². The van der Waals surface area contributed by atoms with E-state index in [-0.39, 0.29) is 25.9 Å². The van der Waals surface area contributed by atoms with E-state index in [0.717, 1.165) is 12.7 Å². The maximum atomic E-state index is 12.3. The maximum Gasteiger partial charge on any atom is 0.338 e. The van der Waals surface area contributed by atoms with Gasteiger partial charge in [0, 0.05) is 6.42 Å². The molecule has 0 aromatic heterocycles.